The van der Waals surface area contributed by atoms with Crippen LogP contribution in [0.25, 0.3) is 0 Å². The summed E-state index contributed by atoms with van der Waals surface area (Å²) in [6.07, 6.45) is 1.51. The molecule has 1 fully saturated rings. The predicted molar refractivity (Wildman–Crippen MR) is 44.8 cm³/mol. The van der Waals surface area contributed by atoms with Crippen LogP contribution in [0, 0.1) is 0 Å². The highest BCUT2D eigenvalue weighted by Crippen LogP contribution is 2.38. The Morgan fingerprint density at radius 2 is 2.17 bits per heavy atom. The van der Waals surface area contributed by atoms with E-state index in [1.807, 2.05) is 20.8 Å². The van der Waals surface area contributed by atoms with Crippen molar-refractivity contribution in [1.29, 1.82) is 0 Å². The summed E-state index contributed by atoms with van der Waals surface area (Å²) < 4.78 is 10.1. The molecule has 0 aromatic heterocycles. The van der Waals surface area contributed by atoms with Gasteiger partial charge in [0, 0.05) is 6.42 Å². The van der Waals surface area contributed by atoms with Gasteiger partial charge < -0.3 is 9.47 Å². The van der Waals surface area contributed by atoms with Gasteiger partial charge in [-0.1, -0.05) is 0 Å². The normalized spacial score (nSPS) is 25.1. The lowest BCUT2D eigenvalue weighted by atomic mass is 10.1. The molecule has 0 saturated carbocycles. The summed E-state index contributed by atoms with van der Waals surface area (Å²) in [5.41, 5.74) is -0.00745. The van der Waals surface area contributed by atoms with Crippen LogP contribution in [0.5, 0.6) is 0 Å². The molecule has 0 aromatic carbocycles. The molecule has 12 heavy (non-hydrogen) atoms. The summed E-state index contributed by atoms with van der Waals surface area (Å²) in [6.45, 7) is 6.34. The van der Waals surface area contributed by atoms with Crippen LogP contribution in [0.4, 0.5) is 0 Å². The van der Waals surface area contributed by atoms with E-state index in [0.717, 1.165) is 6.42 Å². The van der Waals surface area contributed by atoms with Gasteiger partial charge in [0.2, 0.25) is 0 Å². The Bertz CT molecular complexity index is 175. The summed E-state index contributed by atoms with van der Waals surface area (Å²) in [4.78, 5) is 10.9. The SMILES string of the molecule is CCOC(=O)CCC1OC1(C)C. The molecule has 1 saturated heterocycles. The first kappa shape index (κ1) is 9.52. The van der Waals surface area contributed by atoms with Crippen LogP contribution in [-0.2, 0) is 14.3 Å². The molecule has 1 rings (SSSR count). The number of rotatable bonds is 4. The van der Waals surface area contributed by atoms with Crippen LogP contribution in [-0.4, -0.2) is 24.3 Å². The van der Waals surface area contributed by atoms with E-state index in [4.69, 9.17) is 9.47 Å². The largest absolute Gasteiger partial charge is 0.466 e. The lowest BCUT2D eigenvalue weighted by Gasteiger charge is -1.99. The fourth-order valence-corrected chi connectivity index (χ4v) is 1.22. The molecule has 0 N–H and O–H groups in total. The topological polar surface area (TPSA) is 38.8 Å². The molecule has 1 heterocycles. The van der Waals surface area contributed by atoms with Crippen molar-refractivity contribution < 1.29 is 14.3 Å². The number of esters is 1. The average molecular weight is 172 g/mol. The Kier molecular flexibility index (Phi) is 2.73. The van der Waals surface area contributed by atoms with Gasteiger partial charge in [0.05, 0.1) is 18.3 Å². The summed E-state index contributed by atoms with van der Waals surface area (Å²) in [5.74, 6) is -0.121. The number of hydrogen-bond acceptors (Lipinski definition) is 3. The first-order chi connectivity index (χ1) is 5.56. The van der Waals surface area contributed by atoms with E-state index >= 15 is 0 Å². The second-order valence-electron chi connectivity index (χ2n) is 3.55. The van der Waals surface area contributed by atoms with Crippen molar-refractivity contribution in [1.82, 2.24) is 0 Å². The Morgan fingerprint density at radius 3 is 2.58 bits per heavy atom. The molecule has 0 amide bonds. The monoisotopic (exact) mass is 172 g/mol. The van der Waals surface area contributed by atoms with Gasteiger partial charge in [-0.05, 0) is 27.2 Å². The highest BCUT2D eigenvalue weighted by molar-refractivity contribution is 5.69. The number of hydrogen-bond donors (Lipinski definition) is 0. The number of epoxide rings is 1. The quantitative estimate of drug-likeness (QED) is 0.476. The molecule has 0 aromatic rings. The van der Waals surface area contributed by atoms with Crippen molar-refractivity contribution in [3.63, 3.8) is 0 Å². The Hall–Kier alpha value is -0.570. The van der Waals surface area contributed by atoms with Gasteiger partial charge >= 0.3 is 5.97 Å². The zero-order valence-corrected chi connectivity index (χ0v) is 7.92. The lowest BCUT2D eigenvalue weighted by molar-refractivity contribution is -0.143. The van der Waals surface area contributed by atoms with Gasteiger partial charge in [-0.2, -0.15) is 0 Å². The van der Waals surface area contributed by atoms with E-state index in [2.05, 4.69) is 0 Å². The van der Waals surface area contributed by atoms with E-state index in [1.165, 1.54) is 0 Å². The summed E-state index contributed by atoms with van der Waals surface area (Å²) in [5, 5.41) is 0. The Balaban J connectivity index is 2.07. The minimum Gasteiger partial charge on any atom is -0.466 e. The van der Waals surface area contributed by atoms with E-state index in [0.29, 0.717) is 13.0 Å². The van der Waals surface area contributed by atoms with Gasteiger partial charge in [0.15, 0.2) is 0 Å². The van der Waals surface area contributed by atoms with E-state index < -0.39 is 0 Å². The zero-order chi connectivity index (χ0) is 9.19. The van der Waals surface area contributed by atoms with Crippen molar-refractivity contribution in [3.05, 3.63) is 0 Å². The smallest absolute Gasteiger partial charge is 0.305 e. The van der Waals surface area contributed by atoms with Gasteiger partial charge in [0.25, 0.3) is 0 Å². The molecule has 70 valence electrons. The fraction of sp³-hybridized carbons (Fsp3) is 0.889. The summed E-state index contributed by atoms with van der Waals surface area (Å²) in [6, 6.07) is 0. The highest BCUT2D eigenvalue weighted by atomic mass is 16.6. The number of carbonyl (C=O) groups is 1. The fourth-order valence-electron chi connectivity index (χ4n) is 1.22. The maximum atomic E-state index is 10.9. The minimum absolute atomic E-state index is 0.00745. The van der Waals surface area contributed by atoms with Crippen LogP contribution in [0.2, 0.25) is 0 Å². The molecule has 1 atom stereocenters. The Morgan fingerprint density at radius 1 is 1.58 bits per heavy atom. The third-order valence-electron chi connectivity index (χ3n) is 2.08. The maximum absolute atomic E-state index is 10.9. The first-order valence-electron chi connectivity index (χ1n) is 4.39. The number of ether oxygens (including phenoxy) is 2. The van der Waals surface area contributed by atoms with Crippen molar-refractivity contribution >= 4 is 5.97 Å². The molecule has 3 heteroatoms. The first-order valence-corrected chi connectivity index (χ1v) is 4.39. The molecule has 3 nitrogen and oxygen atoms in total. The third-order valence-corrected chi connectivity index (χ3v) is 2.08. The van der Waals surface area contributed by atoms with Gasteiger partial charge in [-0.25, -0.2) is 0 Å². The molecule has 1 aliphatic rings. The van der Waals surface area contributed by atoms with Gasteiger partial charge in [0.1, 0.15) is 0 Å². The molecule has 0 bridgehead atoms. The minimum atomic E-state index is -0.121. The maximum Gasteiger partial charge on any atom is 0.305 e. The summed E-state index contributed by atoms with van der Waals surface area (Å²) in [7, 11) is 0. The van der Waals surface area contributed by atoms with Crippen molar-refractivity contribution in [2.24, 2.45) is 0 Å². The molecule has 1 aliphatic heterocycles. The Labute approximate surface area is 73.0 Å². The van der Waals surface area contributed by atoms with Crippen LogP contribution in [0.1, 0.15) is 33.6 Å². The van der Waals surface area contributed by atoms with E-state index in [1.54, 1.807) is 0 Å². The standard InChI is InChI=1S/C9H16O3/c1-4-11-8(10)6-5-7-9(2,3)12-7/h7H,4-6H2,1-3H3. The molecular formula is C9H16O3. The van der Waals surface area contributed by atoms with Gasteiger partial charge in [-0.15, -0.1) is 0 Å². The highest BCUT2D eigenvalue weighted by Gasteiger charge is 2.47. The summed E-state index contributed by atoms with van der Waals surface area (Å²) >= 11 is 0. The lowest BCUT2D eigenvalue weighted by Crippen LogP contribution is -2.08. The number of carbonyl (C=O) groups excluding carboxylic acids is 1. The molecule has 0 radical (unpaired) electrons. The molecule has 0 aliphatic carbocycles. The van der Waals surface area contributed by atoms with Crippen LogP contribution < -0.4 is 0 Å². The van der Waals surface area contributed by atoms with Crippen LogP contribution in [0.3, 0.4) is 0 Å². The molecule has 0 spiro atoms. The van der Waals surface area contributed by atoms with Crippen LogP contribution >= 0.6 is 0 Å². The second kappa shape index (κ2) is 3.44. The van der Waals surface area contributed by atoms with E-state index in [-0.39, 0.29) is 17.7 Å². The molecular weight excluding hydrogens is 156 g/mol. The van der Waals surface area contributed by atoms with Crippen molar-refractivity contribution in [2.45, 2.75) is 45.3 Å². The van der Waals surface area contributed by atoms with Gasteiger partial charge in [-0.3, -0.25) is 4.79 Å². The van der Waals surface area contributed by atoms with Crippen molar-refractivity contribution in [2.75, 3.05) is 6.61 Å². The van der Waals surface area contributed by atoms with E-state index in [9.17, 15) is 4.79 Å². The van der Waals surface area contributed by atoms with Crippen LogP contribution in [0.15, 0.2) is 0 Å². The molecule has 1 unspecified atom stereocenters. The zero-order valence-electron chi connectivity index (χ0n) is 7.92. The average Bonchev–Trinajstić information content (AvgIpc) is 2.56. The third kappa shape index (κ3) is 2.48. The van der Waals surface area contributed by atoms with Crippen molar-refractivity contribution in [3.8, 4) is 0 Å². The second-order valence-corrected chi connectivity index (χ2v) is 3.55. The predicted octanol–water partition coefficient (Wildman–Crippen LogP) is 1.51.